The quantitative estimate of drug-likeness (QED) is 0.884. The van der Waals surface area contributed by atoms with E-state index in [0.717, 1.165) is 16.8 Å². The average molecular weight is 294 g/mol. The summed E-state index contributed by atoms with van der Waals surface area (Å²) in [5, 5.41) is 0. The van der Waals surface area contributed by atoms with E-state index in [1.54, 1.807) is 0 Å². The normalized spacial score (nSPS) is 11.5. The van der Waals surface area contributed by atoms with Crippen LogP contribution < -0.4 is 0 Å². The first kappa shape index (κ1) is 13.9. The van der Waals surface area contributed by atoms with Gasteiger partial charge >= 0.3 is 0 Å². The number of aromatic nitrogens is 2. The van der Waals surface area contributed by atoms with Crippen molar-refractivity contribution < 1.29 is 8.42 Å². The van der Waals surface area contributed by atoms with Gasteiger partial charge in [-0.25, -0.2) is 13.4 Å². The van der Waals surface area contributed by atoms with E-state index >= 15 is 0 Å². The lowest BCUT2D eigenvalue weighted by atomic mass is 10.1. The third-order valence-electron chi connectivity index (χ3n) is 2.66. The standard InChI is InChI=1S/C13H14N2O2S2/c1-9-12(10-6-4-3-5-7-10)14-11(15-13(9)18)8-19(2,16)17/h3-7H,8H2,1-2H3,(H,14,15,18). The van der Waals surface area contributed by atoms with Crippen LogP contribution in [-0.4, -0.2) is 24.6 Å². The number of aromatic amines is 1. The van der Waals surface area contributed by atoms with Gasteiger partial charge in [0.05, 0.1) is 5.69 Å². The average Bonchev–Trinajstić information content (AvgIpc) is 2.33. The first-order valence-electron chi connectivity index (χ1n) is 5.70. The minimum atomic E-state index is -3.15. The van der Waals surface area contributed by atoms with Crippen LogP contribution in [-0.2, 0) is 15.6 Å². The Bertz CT molecular complexity index is 750. The maximum Gasteiger partial charge on any atom is 0.154 e. The monoisotopic (exact) mass is 294 g/mol. The lowest BCUT2D eigenvalue weighted by Gasteiger charge is -2.09. The molecule has 0 aliphatic carbocycles. The zero-order valence-corrected chi connectivity index (χ0v) is 12.3. The highest BCUT2D eigenvalue weighted by atomic mass is 32.2. The Balaban J connectivity index is 2.59. The topological polar surface area (TPSA) is 62.8 Å². The van der Waals surface area contributed by atoms with E-state index in [4.69, 9.17) is 12.2 Å². The third kappa shape index (κ3) is 3.48. The molecule has 4 nitrogen and oxygen atoms in total. The smallest absolute Gasteiger partial charge is 0.154 e. The van der Waals surface area contributed by atoms with Crippen molar-refractivity contribution in [1.29, 1.82) is 0 Å². The van der Waals surface area contributed by atoms with Gasteiger partial charge in [-0.05, 0) is 12.5 Å². The van der Waals surface area contributed by atoms with Crippen molar-refractivity contribution in [3.63, 3.8) is 0 Å². The van der Waals surface area contributed by atoms with Gasteiger partial charge in [0.2, 0.25) is 0 Å². The van der Waals surface area contributed by atoms with Gasteiger partial charge in [0, 0.05) is 11.8 Å². The molecule has 6 heteroatoms. The molecule has 2 aromatic rings. The molecular weight excluding hydrogens is 280 g/mol. The van der Waals surface area contributed by atoms with Crippen LogP contribution in [0.4, 0.5) is 0 Å². The highest BCUT2D eigenvalue weighted by Crippen LogP contribution is 2.21. The second-order valence-electron chi connectivity index (χ2n) is 4.42. The zero-order chi connectivity index (χ0) is 14.0. The lowest BCUT2D eigenvalue weighted by molar-refractivity contribution is 0.599. The molecule has 1 heterocycles. The van der Waals surface area contributed by atoms with Crippen LogP contribution in [0.3, 0.4) is 0 Å². The van der Waals surface area contributed by atoms with Gasteiger partial charge in [-0.15, -0.1) is 0 Å². The third-order valence-corrected chi connectivity index (χ3v) is 3.86. The Kier molecular flexibility index (Phi) is 3.82. The summed E-state index contributed by atoms with van der Waals surface area (Å²) in [6.07, 6.45) is 1.17. The van der Waals surface area contributed by atoms with Crippen LogP contribution in [0.5, 0.6) is 0 Å². The second kappa shape index (κ2) is 5.22. The van der Waals surface area contributed by atoms with Gasteiger partial charge in [-0.2, -0.15) is 0 Å². The first-order valence-corrected chi connectivity index (χ1v) is 8.16. The summed E-state index contributed by atoms with van der Waals surface area (Å²) < 4.78 is 23.1. The van der Waals surface area contributed by atoms with Gasteiger partial charge in [0.1, 0.15) is 16.2 Å². The largest absolute Gasteiger partial charge is 0.342 e. The summed E-state index contributed by atoms with van der Waals surface area (Å²) in [6, 6.07) is 9.65. The summed E-state index contributed by atoms with van der Waals surface area (Å²) >= 11 is 5.19. The summed E-state index contributed by atoms with van der Waals surface area (Å²) in [7, 11) is -3.15. The van der Waals surface area contributed by atoms with Crippen molar-refractivity contribution in [2.75, 3.05) is 6.26 Å². The van der Waals surface area contributed by atoms with Gasteiger partial charge in [-0.1, -0.05) is 42.5 Å². The van der Waals surface area contributed by atoms with Crippen LogP contribution in [0.15, 0.2) is 30.3 Å². The fourth-order valence-electron chi connectivity index (χ4n) is 1.79. The summed E-state index contributed by atoms with van der Waals surface area (Å²) in [5.41, 5.74) is 2.63. The van der Waals surface area contributed by atoms with Crippen LogP contribution in [0.25, 0.3) is 11.3 Å². The number of sulfone groups is 1. The summed E-state index contributed by atoms with van der Waals surface area (Å²) in [6.45, 7) is 1.87. The molecule has 100 valence electrons. The van der Waals surface area contributed by atoms with Crippen molar-refractivity contribution in [2.24, 2.45) is 0 Å². The highest BCUT2D eigenvalue weighted by Gasteiger charge is 2.11. The molecule has 1 N–H and O–H groups in total. The Labute approximate surface area is 117 Å². The molecule has 0 radical (unpaired) electrons. The van der Waals surface area contributed by atoms with E-state index in [9.17, 15) is 8.42 Å². The Morgan fingerprint density at radius 2 is 1.89 bits per heavy atom. The summed E-state index contributed by atoms with van der Waals surface area (Å²) in [4.78, 5) is 7.19. The molecule has 19 heavy (non-hydrogen) atoms. The van der Waals surface area contributed by atoms with Crippen LogP contribution in [0.2, 0.25) is 0 Å². The predicted octanol–water partition coefficient (Wildman–Crippen LogP) is 2.66. The van der Waals surface area contributed by atoms with E-state index in [1.807, 2.05) is 37.3 Å². The molecule has 1 aromatic heterocycles. The van der Waals surface area contributed by atoms with Crippen LogP contribution in [0, 0.1) is 11.6 Å². The molecule has 0 bridgehead atoms. The van der Waals surface area contributed by atoms with Gasteiger partial charge in [0.25, 0.3) is 0 Å². The SMILES string of the molecule is Cc1c(-c2ccccc2)[nH]c(CS(C)(=O)=O)nc1=S. The second-order valence-corrected chi connectivity index (χ2v) is 6.95. The first-order chi connectivity index (χ1) is 8.87. The minimum Gasteiger partial charge on any atom is -0.342 e. The van der Waals surface area contributed by atoms with Crippen molar-refractivity contribution in [3.05, 3.63) is 46.4 Å². The minimum absolute atomic E-state index is 0.142. The molecule has 0 fully saturated rings. The molecule has 0 amide bonds. The fraction of sp³-hybridized carbons (Fsp3) is 0.231. The van der Waals surface area contributed by atoms with Gasteiger partial charge in [0.15, 0.2) is 9.84 Å². The van der Waals surface area contributed by atoms with E-state index in [1.165, 1.54) is 6.26 Å². The van der Waals surface area contributed by atoms with E-state index < -0.39 is 9.84 Å². The maximum absolute atomic E-state index is 11.4. The fourth-order valence-corrected chi connectivity index (χ4v) is 2.64. The van der Waals surface area contributed by atoms with Crippen molar-refractivity contribution in [2.45, 2.75) is 12.7 Å². The molecule has 0 aliphatic rings. The number of rotatable bonds is 3. The number of benzene rings is 1. The number of nitrogens with one attached hydrogen (secondary N) is 1. The Hall–Kier alpha value is -1.53. The van der Waals surface area contributed by atoms with Crippen molar-refractivity contribution >= 4 is 22.1 Å². The highest BCUT2D eigenvalue weighted by molar-refractivity contribution is 7.89. The summed E-state index contributed by atoms with van der Waals surface area (Å²) in [5.74, 6) is 0.230. The van der Waals surface area contributed by atoms with Gasteiger partial charge in [-0.3, -0.25) is 0 Å². The molecular formula is C13H14N2O2S2. The zero-order valence-electron chi connectivity index (χ0n) is 10.7. The van der Waals surface area contributed by atoms with Crippen molar-refractivity contribution in [1.82, 2.24) is 9.97 Å². The molecule has 0 saturated heterocycles. The number of nitrogens with zero attached hydrogens (tertiary/aromatic N) is 1. The van der Waals surface area contributed by atoms with E-state index in [0.29, 0.717) is 10.5 Å². The number of hydrogen-bond acceptors (Lipinski definition) is 4. The Morgan fingerprint density at radius 3 is 2.47 bits per heavy atom. The Morgan fingerprint density at radius 1 is 1.26 bits per heavy atom. The number of hydrogen-bond donors (Lipinski definition) is 1. The van der Waals surface area contributed by atoms with Crippen LogP contribution >= 0.6 is 12.2 Å². The molecule has 1 aromatic carbocycles. The lowest BCUT2D eigenvalue weighted by Crippen LogP contribution is -2.07. The molecule has 0 aliphatic heterocycles. The van der Waals surface area contributed by atoms with Crippen molar-refractivity contribution in [3.8, 4) is 11.3 Å². The molecule has 0 atom stereocenters. The molecule has 2 rings (SSSR count). The van der Waals surface area contributed by atoms with Crippen LogP contribution in [0.1, 0.15) is 11.4 Å². The predicted molar refractivity (Wildman–Crippen MR) is 78.1 cm³/mol. The van der Waals surface area contributed by atoms with Gasteiger partial charge < -0.3 is 4.98 Å². The van der Waals surface area contributed by atoms with E-state index in [-0.39, 0.29) is 5.75 Å². The molecule has 0 saturated carbocycles. The maximum atomic E-state index is 11.4. The van der Waals surface area contributed by atoms with E-state index in [2.05, 4.69) is 9.97 Å². The number of H-pyrrole nitrogens is 1. The molecule has 0 spiro atoms. The molecule has 0 unspecified atom stereocenters.